The van der Waals surface area contributed by atoms with Gasteiger partial charge in [-0.2, -0.15) is 0 Å². The van der Waals surface area contributed by atoms with Crippen molar-refractivity contribution in [1.82, 2.24) is 9.88 Å². The predicted molar refractivity (Wildman–Crippen MR) is 87.5 cm³/mol. The van der Waals surface area contributed by atoms with E-state index in [9.17, 15) is 4.79 Å². The minimum Gasteiger partial charge on any atom is -0.462 e. The average Bonchev–Trinajstić information content (AvgIpc) is 3.00. The van der Waals surface area contributed by atoms with Crippen molar-refractivity contribution in [1.29, 1.82) is 0 Å². The number of nitrogens with zero attached hydrogens (tertiary/aromatic N) is 2. The van der Waals surface area contributed by atoms with Gasteiger partial charge in [0.1, 0.15) is 5.69 Å². The highest BCUT2D eigenvalue weighted by Gasteiger charge is 2.36. The summed E-state index contributed by atoms with van der Waals surface area (Å²) < 4.78 is 10.9. The maximum atomic E-state index is 13.0. The summed E-state index contributed by atoms with van der Waals surface area (Å²) in [6.07, 6.45) is 4.88. The van der Waals surface area contributed by atoms with Crippen LogP contribution < -0.4 is 0 Å². The van der Waals surface area contributed by atoms with Gasteiger partial charge in [0.05, 0.1) is 12.9 Å². The Kier molecular flexibility index (Phi) is 3.95. The Morgan fingerprint density at radius 1 is 1.43 bits per heavy atom. The molecule has 2 aliphatic rings. The Balaban J connectivity index is 1.56. The molecule has 1 saturated carbocycles. The molecular weight excluding hydrogens is 312 g/mol. The fourth-order valence-corrected chi connectivity index (χ4v) is 3.90. The molecule has 1 atom stereocenters. The number of hydrogen-bond acceptors (Lipinski definition) is 5. The van der Waals surface area contributed by atoms with Crippen LogP contribution in [0.1, 0.15) is 34.6 Å². The van der Waals surface area contributed by atoms with E-state index in [4.69, 9.17) is 9.15 Å². The van der Waals surface area contributed by atoms with Crippen molar-refractivity contribution in [2.75, 3.05) is 19.8 Å². The Labute approximate surface area is 139 Å². The van der Waals surface area contributed by atoms with Gasteiger partial charge in [-0.05, 0) is 38.3 Å². The maximum absolute atomic E-state index is 13.0. The van der Waals surface area contributed by atoms with Crippen molar-refractivity contribution in [2.24, 2.45) is 5.92 Å². The van der Waals surface area contributed by atoms with E-state index in [1.165, 1.54) is 11.3 Å². The predicted octanol–water partition coefficient (Wildman–Crippen LogP) is 3.35. The topological polar surface area (TPSA) is 55.6 Å². The summed E-state index contributed by atoms with van der Waals surface area (Å²) in [6, 6.07) is 4.10. The van der Waals surface area contributed by atoms with Crippen LogP contribution in [0.15, 0.2) is 22.8 Å². The summed E-state index contributed by atoms with van der Waals surface area (Å²) in [6.45, 7) is 4.33. The summed E-state index contributed by atoms with van der Waals surface area (Å²) in [5, 5.41) is 0.774. The summed E-state index contributed by atoms with van der Waals surface area (Å²) in [5.41, 5.74) is 0.576. The van der Waals surface area contributed by atoms with Gasteiger partial charge >= 0.3 is 0 Å². The molecule has 0 radical (unpaired) electrons. The summed E-state index contributed by atoms with van der Waals surface area (Å²) in [7, 11) is 0. The number of aryl methyl sites for hydroxylation is 1. The Morgan fingerprint density at radius 3 is 2.96 bits per heavy atom. The summed E-state index contributed by atoms with van der Waals surface area (Å²) in [5.74, 6) is 1.24. The fraction of sp³-hybridized carbons (Fsp3) is 0.529. The van der Waals surface area contributed by atoms with Crippen molar-refractivity contribution in [3.05, 3.63) is 29.0 Å². The van der Waals surface area contributed by atoms with Gasteiger partial charge in [-0.3, -0.25) is 4.79 Å². The molecule has 4 rings (SSSR count). The van der Waals surface area contributed by atoms with Gasteiger partial charge in [-0.15, -0.1) is 11.3 Å². The number of furan rings is 1. The summed E-state index contributed by atoms with van der Waals surface area (Å²) in [4.78, 5) is 20.6. The van der Waals surface area contributed by atoms with Gasteiger partial charge in [0.15, 0.2) is 10.8 Å². The first-order valence-corrected chi connectivity index (χ1v) is 8.94. The standard InChI is InChI=1S/C17H20N2O3S/c1-11-15(18-16(23-11)14-3-2-7-22-14)17(20)19(13-4-5-13)9-12-6-8-21-10-12/h2-3,7,12-13H,4-6,8-10H2,1H3/t12-/m0/s1. The van der Waals surface area contributed by atoms with Gasteiger partial charge < -0.3 is 14.1 Å². The number of hydrogen-bond donors (Lipinski definition) is 0. The van der Waals surface area contributed by atoms with Crippen LogP contribution in [0.2, 0.25) is 0 Å². The number of carbonyl (C=O) groups excluding carboxylic acids is 1. The van der Waals surface area contributed by atoms with Gasteiger partial charge in [-0.25, -0.2) is 4.98 Å². The van der Waals surface area contributed by atoms with Gasteiger partial charge in [0.2, 0.25) is 0 Å². The highest BCUT2D eigenvalue weighted by Crippen LogP contribution is 2.33. The number of ether oxygens (including phenoxy) is 1. The quantitative estimate of drug-likeness (QED) is 0.842. The lowest BCUT2D eigenvalue weighted by Crippen LogP contribution is -2.38. The van der Waals surface area contributed by atoms with E-state index >= 15 is 0 Å². The molecule has 0 spiro atoms. The van der Waals surface area contributed by atoms with Crippen LogP contribution >= 0.6 is 11.3 Å². The molecule has 0 N–H and O–H groups in total. The first-order valence-electron chi connectivity index (χ1n) is 8.12. The first-order chi connectivity index (χ1) is 11.2. The third-order valence-electron chi connectivity index (χ3n) is 4.46. The zero-order valence-electron chi connectivity index (χ0n) is 13.2. The molecule has 2 aromatic rings. The molecule has 0 bridgehead atoms. The molecule has 23 heavy (non-hydrogen) atoms. The Hall–Kier alpha value is -1.66. The molecule has 1 aliphatic carbocycles. The van der Waals surface area contributed by atoms with Crippen LogP contribution in [0.4, 0.5) is 0 Å². The average molecular weight is 332 g/mol. The number of aromatic nitrogens is 1. The molecule has 2 aromatic heterocycles. The molecule has 122 valence electrons. The van der Waals surface area contributed by atoms with Gasteiger partial charge in [0, 0.05) is 30.0 Å². The second-order valence-electron chi connectivity index (χ2n) is 6.32. The van der Waals surface area contributed by atoms with Crippen LogP contribution in [0.3, 0.4) is 0 Å². The molecule has 0 aromatic carbocycles. The van der Waals surface area contributed by atoms with Crippen LogP contribution in [-0.4, -0.2) is 41.6 Å². The van der Waals surface area contributed by atoms with Crippen LogP contribution in [0, 0.1) is 12.8 Å². The monoisotopic (exact) mass is 332 g/mol. The van der Waals surface area contributed by atoms with E-state index in [-0.39, 0.29) is 5.91 Å². The first kappa shape index (κ1) is 14.9. The van der Waals surface area contributed by atoms with E-state index < -0.39 is 0 Å². The summed E-state index contributed by atoms with van der Waals surface area (Å²) >= 11 is 1.52. The van der Waals surface area contributed by atoms with E-state index in [1.807, 2.05) is 24.0 Å². The molecule has 1 aliphatic heterocycles. The number of carbonyl (C=O) groups is 1. The lowest BCUT2D eigenvalue weighted by atomic mass is 10.1. The lowest BCUT2D eigenvalue weighted by Gasteiger charge is -2.24. The van der Waals surface area contributed by atoms with Crippen molar-refractivity contribution < 1.29 is 13.9 Å². The highest BCUT2D eigenvalue weighted by atomic mass is 32.1. The normalized spacial score (nSPS) is 20.8. The van der Waals surface area contributed by atoms with E-state index in [2.05, 4.69) is 4.98 Å². The lowest BCUT2D eigenvalue weighted by molar-refractivity contribution is 0.0700. The fourth-order valence-electron chi connectivity index (χ4n) is 3.03. The largest absolute Gasteiger partial charge is 0.462 e. The zero-order valence-corrected chi connectivity index (χ0v) is 14.0. The molecule has 2 fully saturated rings. The molecule has 1 saturated heterocycles. The molecular formula is C17H20N2O3S. The molecule has 1 amide bonds. The third-order valence-corrected chi connectivity index (χ3v) is 5.44. The SMILES string of the molecule is Cc1sc(-c2ccco2)nc1C(=O)N(C[C@@H]1CCOC1)C1CC1. The molecule has 6 heteroatoms. The van der Waals surface area contributed by atoms with Crippen LogP contribution in [0.5, 0.6) is 0 Å². The van der Waals surface area contributed by atoms with Crippen molar-refractivity contribution in [3.8, 4) is 10.8 Å². The number of rotatable bonds is 5. The van der Waals surface area contributed by atoms with Crippen LogP contribution in [-0.2, 0) is 4.74 Å². The number of thiazole rings is 1. The zero-order chi connectivity index (χ0) is 15.8. The van der Waals surface area contributed by atoms with Crippen molar-refractivity contribution >= 4 is 17.2 Å². The van der Waals surface area contributed by atoms with E-state index in [0.717, 1.165) is 54.7 Å². The Morgan fingerprint density at radius 2 is 2.30 bits per heavy atom. The second-order valence-corrected chi connectivity index (χ2v) is 7.52. The van der Waals surface area contributed by atoms with Crippen molar-refractivity contribution in [3.63, 3.8) is 0 Å². The molecule has 3 heterocycles. The third kappa shape index (κ3) is 3.05. The van der Waals surface area contributed by atoms with E-state index in [0.29, 0.717) is 17.7 Å². The van der Waals surface area contributed by atoms with Crippen molar-refractivity contribution in [2.45, 2.75) is 32.2 Å². The number of amides is 1. The minimum atomic E-state index is 0.0611. The Bertz CT molecular complexity index is 685. The smallest absolute Gasteiger partial charge is 0.273 e. The van der Waals surface area contributed by atoms with Gasteiger partial charge in [0.25, 0.3) is 5.91 Å². The molecule has 0 unspecified atom stereocenters. The van der Waals surface area contributed by atoms with Gasteiger partial charge in [-0.1, -0.05) is 0 Å². The maximum Gasteiger partial charge on any atom is 0.273 e. The second kappa shape index (κ2) is 6.09. The molecule has 5 nitrogen and oxygen atoms in total. The minimum absolute atomic E-state index is 0.0611. The van der Waals surface area contributed by atoms with E-state index in [1.54, 1.807) is 6.26 Å². The highest BCUT2D eigenvalue weighted by molar-refractivity contribution is 7.15. The van der Waals surface area contributed by atoms with Crippen LogP contribution in [0.25, 0.3) is 10.8 Å².